The fourth-order valence-corrected chi connectivity index (χ4v) is 3.28. The van der Waals surface area contributed by atoms with Gasteiger partial charge in [0.25, 0.3) is 11.7 Å². The molecule has 1 saturated heterocycles. The monoisotopic (exact) mass is 336 g/mol. The molecule has 1 aromatic carbocycles. The molecular weight excluding hydrogens is 320 g/mol. The van der Waals surface area contributed by atoms with Gasteiger partial charge in [0.15, 0.2) is 0 Å². The van der Waals surface area contributed by atoms with Crippen molar-refractivity contribution < 1.29 is 9.59 Å². The van der Waals surface area contributed by atoms with Gasteiger partial charge in [0, 0.05) is 17.6 Å². The number of nitrogens with zero attached hydrogens (tertiary/aromatic N) is 2. The van der Waals surface area contributed by atoms with E-state index in [4.69, 9.17) is 0 Å². The van der Waals surface area contributed by atoms with Gasteiger partial charge in [0.05, 0.1) is 11.3 Å². The van der Waals surface area contributed by atoms with Crippen molar-refractivity contribution in [2.45, 2.75) is 19.3 Å². The molecule has 0 aliphatic carbocycles. The maximum absolute atomic E-state index is 12.1. The number of halogens is 1. The van der Waals surface area contributed by atoms with Crippen molar-refractivity contribution in [3.63, 3.8) is 0 Å². The van der Waals surface area contributed by atoms with E-state index >= 15 is 0 Å². The van der Waals surface area contributed by atoms with Crippen molar-refractivity contribution in [1.29, 1.82) is 0 Å². The van der Waals surface area contributed by atoms with E-state index in [1.165, 1.54) is 19.3 Å². The smallest absolute Gasteiger partial charge is 0.299 e. The third-order valence-electron chi connectivity index (χ3n) is 4.02. The number of hydrogen-bond acceptors (Lipinski definition) is 3. The van der Waals surface area contributed by atoms with E-state index in [0.29, 0.717) is 12.1 Å². The Bertz CT molecular complexity index is 553. The number of rotatable bonds is 3. The Hall–Kier alpha value is -1.20. The number of Topliss-reactive ketones (excluding diaryl/α,β-unsaturated/α-hetero) is 1. The third kappa shape index (κ3) is 2.52. The van der Waals surface area contributed by atoms with Gasteiger partial charge in [0.2, 0.25) is 0 Å². The van der Waals surface area contributed by atoms with Crippen LogP contribution in [0.1, 0.15) is 29.6 Å². The van der Waals surface area contributed by atoms with Crippen molar-refractivity contribution in [3.05, 3.63) is 28.2 Å². The van der Waals surface area contributed by atoms with Gasteiger partial charge in [-0.15, -0.1) is 0 Å². The van der Waals surface area contributed by atoms with E-state index in [9.17, 15) is 9.59 Å². The number of likely N-dealkylation sites (tertiary alicyclic amines) is 1. The summed E-state index contributed by atoms with van der Waals surface area (Å²) in [5, 5.41) is 0. The van der Waals surface area contributed by atoms with Crippen molar-refractivity contribution in [2.24, 2.45) is 0 Å². The molecule has 2 aliphatic heterocycles. The van der Waals surface area contributed by atoms with Crippen LogP contribution in [-0.2, 0) is 4.79 Å². The Kier molecular flexibility index (Phi) is 3.89. The highest BCUT2D eigenvalue weighted by Crippen LogP contribution is 2.31. The fraction of sp³-hybridized carbons (Fsp3) is 0.467. The highest BCUT2D eigenvalue weighted by atomic mass is 79.9. The third-order valence-corrected chi connectivity index (χ3v) is 4.52. The van der Waals surface area contributed by atoms with E-state index in [-0.39, 0.29) is 5.78 Å². The maximum Gasteiger partial charge on any atom is 0.299 e. The summed E-state index contributed by atoms with van der Waals surface area (Å²) in [6.07, 6.45) is 3.77. The Morgan fingerprint density at radius 2 is 1.80 bits per heavy atom. The second-order valence-electron chi connectivity index (χ2n) is 5.35. The standard InChI is InChI=1S/C15H17BrN2O2/c16-11-4-5-13-12(10-11)14(19)15(20)18(13)9-8-17-6-2-1-3-7-17/h4-5,10H,1-3,6-9H2. The van der Waals surface area contributed by atoms with Crippen LogP contribution in [0.2, 0.25) is 0 Å². The summed E-state index contributed by atoms with van der Waals surface area (Å²) in [7, 11) is 0. The van der Waals surface area contributed by atoms with E-state index in [2.05, 4.69) is 20.8 Å². The van der Waals surface area contributed by atoms with Gasteiger partial charge in [-0.2, -0.15) is 0 Å². The van der Waals surface area contributed by atoms with E-state index in [0.717, 1.165) is 29.8 Å². The zero-order valence-electron chi connectivity index (χ0n) is 11.3. The highest BCUT2D eigenvalue weighted by molar-refractivity contribution is 9.10. The molecule has 20 heavy (non-hydrogen) atoms. The predicted octanol–water partition coefficient (Wildman–Crippen LogP) is 2.46. The highest BCUT2D eigenvalue weighted by Gasteiger charge is 2.35. The van der Waals surface area contributed by atoms with Crippen LogP contribution in [0.15, 0.2) is 22.7 Å². The summed E-state index contributed by atoms with van der Waals surface area (Å²) >= 11 is 3.34. The summed E-state index contributed by atoms with van der Waals surface area (Å²) in [4.78, 5) is 28.1. The number of amides is 1. The van der Waals surface area contributed by atoms with Crippen LogP contribution in [0.25, 0.3) is 0 Å². The first kappa shape index (κ1) is 13.8. The average Bonchev–Trinajstić information content (AvgIpc) is 2.70. The first-order chi connectivity index (χ1) is 9.66. The molecule has 0 aromatic heterocycles. The van der Waals surface area contributed by atoms with Gasteiger partial charge < -0.3 is 9.80 Å². The topological polar surface area (TPSA) is 40.6 Å². The van der Waals surface area contributed by atoms with Gasteiger partial charge >= 0.3 is 0 Å². The minimum atomic E-state index is -0.393. The number of hydrogen-bond donors (Lipinski definition) is 0. The summed E-state index contributed by atoms with van der Waals surface area (Å²) in [6, 6.07) is 5.45. The van der Waals surface area contributed by atoms with Crippen LogP contribution < -0.4 is 4.90 Å². The Labute approximate surface area is 126 Å². The number of carbonyl (C=O) groups is 2. The van der Waals surface area contributed by atoms with Crippen LogP contribution in [0, 0.1) is 0 Å². The summed E-state index contributed by atoms with van der Waals surface area (Å²) < 4.78 is 0.829. The molecule has 0 N–H and O–H groups in total. The SMILES string of the molecule is O=C1C(=O)N(CCN2CCCCC2)c2ccc(Br)cc21. The largest absolute Gasteiger partial charge is 0.303 e. The van der Waals surface area contributed by atoms with Crippen molar-refractivity contribution in [1.82, 2.24) is 4.90 Å². The Morgan fingerprint density at radius 1 is 1.05 bits per heavy atom. The first-order valence-electron chi connectivity index (χ1n) is 7.05. The van der Waals surface area contributed by atoms with E-state index in [1.54, 1.807) is 11.0 Å². The number of piperidine rings is 1. The number of ketones is 1. The second-order valence-corrected chi connectivity index (χ2v) is 6.27. The van der Waals surface area contributed by atoms with Crippen molar-refractivity contribution in [3.8, 4) is 0 Å². The Morgan fingerprint density at radius 3 is 2.55 bits per heavy atom. The van der Waals surface area contributed by atoms with Crippen LogP contribution >= 0.6 is 15.9 Å². The maximum atomic E-state index is 12.1. The normalized spacial score (nSPS) is 19.6. The van der Waals surface area contributed by atoms with Gasteiger partial charge in [-0.25, -0.2) is 0 Å². The van der Waals surface area contributed by atoms with Gasteiger partial charge in [0.1, 0.15) is 0 Å². The number of anilines is 1. The van der Waals surface area contributed by atoms with Crippen LogP contribution in [0.4, 0.5) is 5.69 Å². The molecule has 0 saturated carbocycles. The van der Waals surface area contributed by atoms with E-state index in [1.807, 2.05) is 12.1 Å². The minimum Gasteiger partial charge on any atom is -0.303 e. The molecule has 2 aliphatic rings. The molecule has 5 heteroatoms. The molecule has 0 atom stereocenters. The number of carbonyl (C=O) groups excluding carboxylic acids is 2. The summed E-state index contributed by atoms with van der Waals surface area (Å²) in [5.41, 5.74) is 1.27. The number of benzene rings is 1. The molecule has 0 spiro atoms. The lowest BCUT2D eigenvalue weighted by Gasteiger charge is -2.28. The molecule has 106 valence electrons. The molecule has 2 heterocycles. The first-order valence-corrected chi connectivity index (χ1v) is 7.84. The molecule has 4 nitrogen and oxygen atoms in total. The summed E-state index contributed by atoms with van der Waals surface area (Å²) in [5.74, 6) is -0.782. The van der Waals surface area contributed by atoms with Crippen LogP contribution in [0.3, 0.4) is 0 Å². The molecule has 0 unspecified atom stereocenters. The quantitative estimate of drug-likeness (QED) is 0.796. The molecule has 1 fully saturated rings. The molecule has 1 aromatic rings. The second kappa shape index (κ2) is 5.66. The zero-order valence-corrected chi connectivity index (χ0v) is 12.9. The van der Waals surface area contributed by atoms with Gasteiger partial charge in [-0.05, 0) is 44.1 Å². The van der Waals surface area contributed by atoms with Crippen molar-refractivity contribution >= 4 is 33.3 Å². The lowest BCUT2D eigenvalue weighted by Crippen LogP contribution is -2.40. The predicted molar refractivity (Wildman–Crippen MR) is 81.1 cm³/mol. The molecule has 3 rings (SSSR count). The van der Waals surface area contributed by atoms with Gasteiger partial charge in [-0.3, -0.25) is 9.59 Å². The number of fused-ring (bicyclic) bond motifs is 1. The van der Waals surface area contributed by atoms with Crippen LogP contribution in [-0.4, -0.2) is 42.8 Å². The Balaban J connectivity index is 1.74. The van der Waals surface area contributed by atoms with Crippen LogP contribution in [0.5, 0.6) is 0 Å². The van der Waals surface area contributed by atoms with E-state index < -0.39 is 5.91 Å². The zero-order chi connectivity index (χ0) is 14.1. The lowest BCUT2D eigenvalue weighted by atomic mass is 10.1. The average molecular weight is 337 g/mol. The molecular formula is C15H17BrN2O2. The van der Waals surface area contributed by atoms with Crippen molar-refractivity contribution in [2.75, 3.05) is 31.1 Å². The lowest BCUT2D eigenvalue weighted by molar-refractivity contribution is -0.114. The van der Waals surface area contributed by atoms with Gasteiger partial charge in [-0.1, -0.05) is 22.4 Å². The molecule has 0 radical (unpaired) electrons. The molecule has 1 amide bonds. The minimum absolute atomic E-state index is 0.389. The fourth-order valence-electron chi connectivity index (χ4n) is 2.92. The molecule has 0 bridgehead atoms. The summed E-state index contributed by atoms with van der Waals surface area (Å²) in [6.45, 7) is 3.64.